The van der Waals surface area contributed by atoms with Crippen LogP contribution in [0.1, 0.15) is 65.2 Å². The summed E-state index contributed by atoms with van der Waals surface area (Å²) in [4.78, 5) is 0. The molecule has 0 amide bonds. The minimum atomic E-state index is 0.858. The molecule has 0 atom stereocenters. The fourth-order valence-corrected chi connectivity index (χ4v) is 2.25. The van der Waals surface area contributed by atoms with E-state index in [1.165, 1.54) is 51.4 Å². The van der Waals surface area contributed by atoms with Crippen LogP contribution >= 0.6 is 0 Å². The number of rotatable bonds is 11. The van der Waals surface area contributed by atoms with Crippen LogP contribution < -0.4 is 4.74 Å². The smallest absolute Gasteiger partial charge is 0.119 e. The molecule has 0 bridgehead atoms. The van der Waals surface area contributed by atoms with Gasteiger partial charge >= 0.3 is 0 Å². The molecule has 0 radical (unpaired) electrons. The maximum Gasteiger partial charge on any atom is 0.119 e. The molecule has 0 aromatic heterocycles. The van der Waals surface area contributed by atoms with Crippen LogP contribution in [-0.4, -0.2) is 6.61 Å². The highest BCUT2D eigenvalue weighted by molar-refractivity contribution is 5.20. The molecular formula is C18H30O. The first kappa shape index (κ1) is 16.1. The summed E-state index contributed by atoms with van der Waals surface area (Å²) >= 11 is 0. The highest BCUT2D eigenvalue weighted by Crippen LogP contribution is 2.13. The molecule has 108 valence electrons. The first-order valence-corrected chi connectivity index (χ1v) is 7.97. The Morgan fingerprint density at radius 2 is 1.37 bits per heavy atom. The van der Waals surface area contributed by atoms with E-state index in [-0.39, 0.29) is 0 Å². The molecule has 0 fully saturated rings. The van der Waals surface area contributed by atoms with E-state index >= 15 is 0 Å². The lowest BCUT2D eigenvalue weighted by Gasteiger charge is -2.06. The molecule has 1 rings (SSSR count). The van der Waals surface area contributed by atoms with Crippen molar-refractivity contribution in [3.05, 3.63) is 30.3 Å². The second-order valence-electron chi connectivity index (χ2n) is 5.82. The zero-order valence-electron chi connectivity index (χ0n) is 12.7. The Morgan fingerprint density at radius 1 is 0.789 bits per heavy atom. The summed E-state index contributed by atoms with van der Waals surface area (Å²) in [5.74, 6) is 1.87. The summed E-state index contributed by atoms with van der Waals surface area (Å²) < 4.78 is 5.68. The number of unbranched alkanes of at least 4 members (excludes halogenated alkanes) is 6. The third-order valence-corrected chi connectivity index (χ3v) is 3.44. The third-order valence-electron chi connectivity index (χ3n) is 3.44. The minimum absolute atomic E-state index is 0.858. The van der Waals surface area contributed by atoms with E-state index in [0.717, 1.165) is 18.3 Å². The first-order chi connectivity index (χ1) is 9.29. The lowest BCUT2D eigenvalue weighted by atomic mass is 10.0. The van der Waals surface area contributed by atoms with Gasteiger partial charge in [-0.05, 0) is 24.5 Å². The van der Waals surface area contributed by atoms with Crippen molar-refractivity contribution in [3.8, 4) is 5.75 Å². The second-order valence-corrected chi connectivity index (χ2v) is 5.82. The number of para-hydroxylation sites is 1. The molecule has 0 aliphatic carbocycles. The SMILES string of the molecule is CC(C)CCCCCCCCCOc1ccccc1. The average molecular weight is 262 g/mol. The Bertz CT molecular complexity index is 292. The van der Waals surface area contributed by atoms with Crippen LogP contribution in [0.3, 0.4) is 0 Å². The maximum atomic E-state index is 5.68. The normalized spacial score (nSPS) is 10.9. The lowest BCUT2D eigenvalue weighted by molar-refractivity contribution is 0.304. The Kier molecular flexibility index (Phi) is 9.22. The fraction of sp³-hybridized carbons (Fsp3) is 0.667. The van der Waals surface area contributed by atoms with E-state index in [1.807, 2.05) is 30.3 Å². The molecule has 0 spiro atoms. The van der Waals surface area contributed by atoms with Gasteiger partial charge in [0.1, 0.15) is 5.75 Å². The number of ether oxygens (including phenoxy) is 1. The van der Waals surface area contributed by atoms with Crippen molar-refractivity contribution in [2.24, 2.45) is 5.92 Å². The molecule has 1 heteroatoms. The second kappa shape index (κ2) is 10.9. The molecule has 0 aliphatic heterocycles. The average Bonchev–Trinajstić information content (AvgIpc) is 2.42. The fourth-order valence-electron chi connectivity index (χ4n) is 2.25. The van der Waals surface area contributed by atoms with Gasteiger partial charge in [0, 0.05) is 0 Å². The van der Waals surface area contributed by atoms with E-state index in [0.29, 0.717) is 0 Å². The zero-order valence-corrected chi connectivity index (χ0v) is 12.7. The van der Waals surface area contributed by atoms with Crippen LogP contribution in [0.4, 0.5) is 0 Å². The zero-order chi connectivity index (χ0) is 13.8. The number of hydrogen-bond donors (Lipinski definition) is 0. The van der Waals surface area contributed by atoms with Gasteiger partial charge in [0.05, 0.1) is 6.61 Å². The predicted molar refractivity (Wildman–Crippen MR) is 83.7 cm³/mol. The van der Waals surface area contributed by atoms with Crippen molar-refractivity contribution in [3.63, 3.8) is 0 Å². The van der Waals surface area contributed by atoms with Crippen LogP contribution in [0.5, 0.6) is 5.75 Å². The van der Waals surface area contributed by atoms with Gasteiger partial charge in [0.25, 0.3) is 0 Å². The molecule has 0 saturated heterocycles. The van der Waals surface area contributed by atoms with Gasteiger partial charge in [0.2, 0.25) is 0 Å². The minimum Gasteiger partial charge on any atom is -0.494 e. The summed E-state index contributed by atoms with van der Waals surface area (Å²) in [6, 6.07) is 10.1. The topological polar surface area (TPSA) is 9.23 Å². The first-order valence-electron chi connectivity index (χ1n) is 7.97. The molecule has 1 aromatic carbocycles. The molecule has 0 aliphatic rings. The predicted octanol–water partition coefficient (Wildman–Crippen LogP) is 5.84. The third kappa shape index (κ3) is 9.58. The van der Waals surface area contributed by atoms with Gasteiger partial charge in [-0.25, -0.2) is 0 Å². The molecule has 0 unspecified atom stereocenters. The highest BCUT2D eigenvalue weighted by atomic mass is 16.5. The van der Waals surface area contributed by atoms with Crippen LogP contribution in [0.2, 0.25) is 0 Å². The summed E-state index contributed by atoms with van der Waals surface area (Å²) in [7, 11) is 0. The number of benzene rings is 1. The Morgan fingerprint density at radius 3 is 2.00 bits per heavy atom. The monoisotopic (exact) mass is 262 g/mol. The summed E-state index contributed by atoms with van der Waals surface area (Å²) in [6.07, 6.45) is 10.9. The molecule has 0 N–H and O–H groups in total. The van der Waals surface area contributed by atoms with Gasteiger partial charge in [-0.1, -0.05) is 77.0 Å². The van der Waals surface area contributed by atoms with Gasteiger partial charge in [0.15, 0.2) is 0 Å². The van der Waals surface area contributed by atoms with Gasteiger partial charge in [-0.3, -0.25) is 0 Å². The van der Waals surface area contributed by atoms with Crippen molar-refractivity contribution in [1.29, 1.82) is 0 Å². The van der Waals surface area contributed by atoms with Gasteiger partial charge in [-0.2, -0.15) is 0 Å². The molecule has 0 heterocycles. The largest absolute Gasteiger partial charge is 0.494 e. The van der Waals surface area contributed by atoms with E-state index in [4.69, 9.17) is 4.74 Å². The lowest BCUT2D eigenvalue weighted by Crippen LogP contribution is -1.96. The van der Waals surface area contributed by atoms with E-state index in [2.05, 4.69) is 13.8 Å². The summed E-state index contributed by atoms with van der Waals surface area (Å²) in [5.41, 5.74) is 0. The molecule has 0 saturated carbocycles. The van der Waals surface area contributed by atoms with Crippen LogP contribution in [0.25, 0.3) is 0 Å². The van der Waals surface area contributed by atoms with Gasteiger partial charge < -0.3 is 4.74 Å². The standard InChI is InChI=1S/C18H30O/c1-17(2)13-9-6-4-3-5-7-12-16-19-18-14-10-8-11-15-18/h8,10-11,14-15,17H,3-7,9,12-13,16H2,1-2H3. The molecule has 1 nitrogen and oxygen atoms in total. The van der Waals surface area contributed by atoms with Crippen LogP contribution in [-0.2, 0) is 0 Å². The van der Waals surface area contributed by atoms with Crippen molar-refractivity contribution in [2.75, 3.05) is 6.61 Å². The Hall–Kier alpha value is -0.980. The van der Waals surface area contributed by atoms with Crippen molar-refractivity contribution in [2.45, 2.75) is 65.2 Å². The molecular weight excluding hydrogens is 232 g/mol. The Balaban J connectivity index is 1.81. The molecule has 1 aromatic rings. The summed E-state index contributed by atoms with van der Waals surface area (Å²) in [5, 5.41) is 0. The van der Waals surface area contributed by atoms with Crippen molar-refractivity contribution < 1.29 is 4.74 Å². The van der Waals surface area contributed by atoms with Crippen LogP contribution in [0, 0.1) is 5.92 Å². The Labute approximate surface area is 119 Å². The van der Waals surface area contributed by atoms with Gasteiger partial charge in [-0.15, -0.1) is 0 Å². The van der Waals surface area contributed by atoms with E-state index in [1.54, 1.807) is 0 Å². The number of hydrogen-bond acceptors (Lipinski definition) is 1. The molecule has 19 heavy (non-hydrogen) atoms. The van der Waals surface area contributed by atoms with Crippen molar-refractivity contribution in [1.82, 2.24) is 0 Å². The maximum absolute atomic E-state index is 5.68. The highest BCUT2D eigenvalue weighted by Gasteiger charge is 1.95. The van der Waals surface area contributed by atoms with E-state index in [9.17, 15) is 0 Å². The van der Waals surface area contributed by atoms with E-state index < -0.39 is 0 Å². The van der Waals surface area contributed by atoms with Crippen LogP contribution in [0.15, 0.2) is 30.3 Å². The summed E-state index contributed by atoms with van der Waals surface area (Å²) in [6.45, 7) is 5.48. The quantitative estimate of drug-likeness (QED) is 0.455. The van der Waals surface area contributed by atoms with Crippen molar-refractivity contribution >= 4 is 0 Å².